The molecule has 1 aromatic heterocycles. The van der Waals surface area contributed by atoms with E-state index in [4.69, 9.17) is 16.9 Å². The Bertz CT molecular complexity index is 583. The average Bonchev–Trinajstić information content (AvgIpc) is 2.54. The number of nitrogens with zero attached hydrogens (tertiary/aromatic N) is 3. The second kappa shape index (κ2) is 4.28. The highest BCUT2D eigenvalue weighted by Gasteiger charge is 2.13. The Morgan fingerprint density at radius 3 is 2.81 bits per heavy atom. The first kappa shape index (κ1) is 11.2. The fourth-order valence-corrected chi connectivity index (χ4v) is 2.19. The first-order valence-electron chi connectivity index (χ1n) is 4.51. The molecule has 16 heavy (non-hydrogen) atoms. The predicted octanol–water partition coefficient (Wildman–Crippen LogP) is 3.37. The molecule has 0 unspecified atom stereocenters. The number of aromatic nitrogens is 2. The van der Waals surface area contributed by atoms with Crippen molar-refractivity contribution in [1.82, 2.24) is 9.55 Å². The van der Waals surface area contributed by atoms with E-state index in [0.717, 1.165) is 5.56 Å². The predicted molar refractivity (Wildman–Crippen MR) is 66.1 cm³/mol. The van der Waals surface area contributed by atoms with Gasteiger partial charge >= 0.3 is 0 Å². The van der Waals surface area contributed by atoms with Gasteiger partial charge in [-0.1, -0.05) is 23.7 Å². The number of hydrogen-bond donors (Lipinski definition) is 0. The smallest absolute Gasteiger partial charge is 0.154 e. The number of hydrogen-bond acceptors (Lipinski definition) is 2. The van der Waals surface area contributed by atoms with Crippen LogP contribution in [-0.2, 0) is 7.05 Å². The van der Waals surface area contributed by atoms with Crippen LogP contribution >= 0.6 is 27.5 Å². The minimum Gasteiger partial charge on any atom is -0.318 e. The monoisotopic (exact) mass is 295 g/mol. The lowest BCUT2D eigenvalue weighted by molar-refractivity contribution is 0.907. The Balaban J connectivity index is 2.62. The zero-order valence-corrected chi connectivity index (χ0v) is 10.7. The van der Waals surface area contributed by atoms with Crippen molar-refractivity contribution in [3.8, 4) is 17.5 Å². The van der Waals surface area contributed by atoms with Crippen LogP contribution in [0.25, 0.3) is 11.4 Å². The second-order valence-corrected chi connectivity index (χ2v) is 4.44. The molecule has 1 heterocycles. The summed E-state index contributed by atoms with van der Waals surface area (Å²) in [5.41, 5.74) is 1.38. The van der Waals surface area contributed by atoms with E-state index in [1.165, 1.54) is 0 Å². The molecule has 80 valence electrons. The van der Waals surface area contributed by atoms with Crippen LogP contribution in [0.3, 0.4) is 0 Å². The van der Waals surface area contributed by atoms with Crippen molar-refractivity contribution in [3.63, 3.8) is 0 Å². The summed E-state index contributed by atoms with van der Waals surface area (Å²) in [5, 5.41) is 9.60. The molecule has 0 saturated heterocycles. The molecule has 0 spiro atoms. The lowest BCUT2D eigenvalue weighted by atomic mass is 10.2. The Morgan fingerprint density at radius 2 is 2.25 bits per heavy atom. The van der Waals surface area contributed by atoms with Gasteiger partial charge in [0.05, 0.1) is 0 Å². The van der Waals surface area contributed by atoms with Crippen LogP contribution in [-0.4, -0.2) is 9.55 Å². The molecule has 0 bridgehead atoms. The molecule has 0 atom stereocenters. The highest BCUT2D eigenvalue weighted by molar-refractivity contribution is 9.10. The molecule has 0 radical (unpaired) electrons. The number of imidazole rings is 1. The zero-order chi connectivity index (χ0) is 11.7. The van der Waals surface area contributed by atoms with Crippen LogP contribution in [0.4, 0.5) is 0 Å². The van der Waals surface area contributed by atoms with Crippen LogP contribution in [0.2, 0.25) is 5.02 Å². The van der Waals surface area contributed by atoms with E-state index >= 15 is 0 Å². The fourth-order valence-electron chi connectivity index (χ4n) is 1.47. The fraction of sp³-hybridized carbons (Fsp3) is 0.0909. The van der Waals surface area contributed by atoms with Gasteiger partial charge in [-0.2, -0.15) is 5.26 Å². The van der Waals surface area contributed by atoms with Crippen molar-refractivity contribution in [3.05, 3.63) is 39.6 Å². The molecule has 3 nitrogen and oxygen atoms in total. The minimum atomic E-state index is 0.495. The number of halogens is 2. The van der Waals surface area contributed by atoms with Gasteiger partial charge in [-0.25, -0.2) is 4.98 Å². The van der Waals surface area contributed by atoms with Gasteiger partial charge in [0.15, 0.2) is 5.69 Å². The van der Waals surface area contributed by atoms with Gasteiger partial charge in [-0.3, -0.25) is 0 Å². The highest BCUT2D eigenvalue weighted by atomic mass is 79.9. The van der Waals surface area contributed by atoms with Crippen LogP contribution in [0, 0.1) is 11.3 Å². The molecule has 0 amide bonds. The summed E-state index contributed by atoms with van der Waals surface area (Å²) >= 11 is 9.17. The van der Waals surface area contributed by atoms with Gasteiger partial charge < -0.3 is 4.57 Å². The van der Waals surface area contributed by atoms with Gasteiger partial charge in [0.1, 0.15) is 16.5 Å². The summed E-state index contributed by atoms with van der Waals surface area (Å²) in [6, 6.07) is 9.46. The Morgan fingerprint density at radius 1 is 1.50 bits per heavy atom. The average molecular weight is 297 g/mol. The maximum atomic E-state index is 8.95. The minimum absolute atomic E-state index is 0.495. The number of rotatable bonds is 1. The van der Waals surface area contributed by atoms with Gasteiger partial charge in [-0.15, -0.1) is 0 Å². The molecular weight excluding hydrogens is 289 g/mol. The first-order chi connectivity index (χ1) is 7.63. The maximum absolute atomic E-state index is 8.95. The summed E-state index contributed by atoms with van der Waals surface area (Å²) in [4.78, 5) is 4.29. The summed E-state index contributed by atoms with van der Waals surface area (Å²) < 4.78 is 2.28. The standard InChI is InChI=1S/C11H7BrClN3/c1-16-9(6-14)10(12)15-11(16)7-3-2-4-8(13)5-7/h2-5H,1H3. The van der Waals surface area contributed by atoms with Crippen LogP contribution < -0.4 is 0 Å². The van der Waals surface area contributed by atoms with Crippen molar-refractivity contribution >= 4 is 27.5 Å². The largest absolute Gasteiger partial charge is 0.318 e. The summed E-state index contributed by atoms with van der Waals surface area (Å²) in [7, 11) is 1.80. The van der Waals surface area contributed by atoms with Crippen LogP contribution in [0.5, 0.6) is 0 Å². The Kier molecular flexibility index (Phi) is 2.99. The van der Waals surface area contributed by atoms with Gasteiger partial charge in [-0.05, 0) is 28.1 Å². The molecule has 1 aromatic carbocycles. The van der Waals surface area contributed by atoms with Gasteiger partial charge in [0.2, 0.25) is 0 Å². The van der Waals surface area contributed by atoms with Crippen molar-refractivity contribution in [2.24, 2.45) is 7.05 Å². The molecule has 0 aliphatic carbocycles. The van der Waals surface area contributed by atoms with Gasteiger partial charge in [0, 0.05) is 17.6 Å². The third-order valence-corrected chi connectivity index (χ3v) is 3.03. The van der Waals surface area contributed by atoms with Gasteiger partial charge in [0.25, 0.3) is 0 Å². The molecule has 2 aromatic rings. The van der Waals surface area contributed by atoms with E-state index in [-0.39, 0.29) is 0 Å². The summed E-state index contributed by atoms with van der Waals surface area (Å²) in [6.45, 7) is 0. The third-order valence-electron chi connectivity index (χ3n) is 2.24. The molecule has 2 rings (SSSR count). The molecule has 0 saturated carbocycles. The first-order valence-corrected chi connectivity index (χ1v) is 5.69. The maximum Gasteiger partial charge on any atom is 0.154 e. The molecule has 0 aliphatic rings. The number of benzene rings is 1. The van der Waals surface area contributed by atoms with E-state index in [1.54, 1.807) is 17.7 Å². The van der Waals surface area contributed by atoms with E-state index in [9.17, 15) is 0 Å². The summed E-state index contributed by atoms with van der Waals surface area (Å²) in [6.07, 6.45) is 0. The zero-order valence-electron chi connectivity index (χ0n) is 8.41. The van der Waals surface area contributed by atoms with E-state index in [0.29, 0.717) is 21.1 Å². The normalized spacial score (nSPS) is 10.1. The Labute approximate surface area is 106 Å². The second-order valence-electron chi connectivity index (χ2n) is 3.26. The van der Waals surface area contributed by atoms with Crippen LogP contribution in [0.1, 0.15) is 5.69 Å². The third kappa shape index (κ3) is 1.84. The molecule has 0 aliphatic heterocycles. The molecular formula is C11H7BrClN3. The lowest BCUT2D eigenvalue weighted by Crippen LogP contribution is -1.95. The quantitative estimate of drug-likeness (QED) is 0.809. The molecule has 5 heteroatoms. The number of nitriles is 1. The topological polar surface area (TPSA) is 41.6 Å². The SMILES string of the molecule is Cn1c(-c2cccc(Cl)c2)nc(Br)c1C#N. The Hall–Kier alpha value is -1.31. The van der Waals surface area contributed by atoms with Crippen molar-refractivity contribution in [1.29, 1.82) is 5.26 Å². The highest BCUT2D eigenvalue weighted by Crippen LogP contribution is 2.25. The van der Waals surface area contributed by atoms with Crippen LogP contribution in [0.15, 0.2) is 28.9 Å². The van der Waals surface area contributed by atoms with Crippen molar-refractivity contribution in [2.45, 2.75) is 0 Å². The van der Waals surface area contributed by atoms with E-state index in [2.05, 4.69) is 27.0 Å². The van der Waals surface area contributed by atoms with Crippen molar-refractivity contribution < 1.29 is 0 Å². The van der Waals surface area contributed by atoms with E-state index < -0.39 is 0 Å². The lowest BCUT2D eigenvalue weighted by Gasteiger charge is -2.02. The summed E-state index contributed by atoms with van der Waals surface area (Å²) in [5.74, 6) is 0.714. The van der Waals surface area contributed by atoms with E-state index in [1.807, 2.05) is 18.2 Å². The molecule has 0 N–H and O–H groups in total. The molecule has 0 fully saturated rings. The van der Waals surface area contributed by atoms with Crippen molar-refractivity contribution in [2.75, 3.05) is 0 Å².